The van der Waals surface area contributed by atoms with Crippen LogP contribution in [0.3, 0.4) is 0 Å². The number of carbonyl (C=O) groups excluding carboxylic acids is 2. The first-order chi connectivity index (χ1) is 16.1. The fourth-order valence-electron chi connectivity index (χ4n) is 4.74. The molecule has 4 rings (SSSR count). The second-order valence-corrected chi connectivity index (χ2v) is 9.11. The molecule has 2 aliphatic rings. The minimum absolute atomic E-state index is 0.00963. The predicted octanol–water partition coefficient (Wildman–Crippen LogP) is 3.66. The zero-order valence-corrected chi connectivity index (χ0v) is 19.5. The van der Waals surface area contributed by atoms with Crippen LogP contribution in [0.4, 0.5) is 0 Å². The van der Waals surface area contributed by atoms with Gasteiger partial charge in [0.1, 0.15) is 5.75 Å². The Bertz CT molecular complexity index is 950. The van der Waals surface area contributed by atoms with Crippen LogP contribution in [0.15, 0.2) is 36.7 Å². The van der Waals surface area contributed by atoms with Gasteiger partial charge in [-0.25, -0.2) is 0 Å². The third kappa shape index (κ3) is 6.30. The molecule has 2 heterocycles. The summed E-state index contributed by atoms with van der Waals surface area (Å²) in [4.78, 5) is 37.8. The molecule has 0 atom stereocenters. The van der Waals surface area contributed by atoms with Gasteiger partial charge in [0.15, 0.2) is 0 Å². The van der Waals surface area contributed by atoms with Crippen LogP contribution in [0, 0.1) is 12.8 Å². The highest BCUT2D eigenvalue weighted by molar-refractivity contribution is 5.94. The number of benzene rings is 1. The number of piperazine rings is 1. The predicted molar refractivity (Wildman–Crippen MR) is 126 cm³/mol. The minimum atomic E-state index is -0.00963. The van der Waals surface area contributed by atoms with Gasteiger partial charge in [0.25, 0.3) is 5.91 Å². The van der Waals surface area contributed by atoms with Crippen molar-refractivity contribution in [3.63, 3.8) is 0 Å². The summed E-state index contributed by atoms with van der Waals surface area (Å²) in [6.07, 6.45) is 11.2. The van der Waals surface area contributed by atoms with Crippen LogP contribution >= 0.6 is 0 Å². The van der Waals surface area contributed by atoms with Gasteiger partial charge in [0, 0.05) is 44.1 Å². The fraction of sp³-hybridized carbons (Fsp3) is 0.538. The van der Waals surface area contributed by atoms with Gasteiger partial charge in [-0.15, -0.1) is 0 Å². The Morgan fingerprint density at radius 2 is 1.73 bits per heavy atom. The van der Waals surface area contributed by atoms with E-state index in [1.54, 1.807) is 12.4 Å². The van der Waals surface area contributed by atoms with Crippen molar-refractivity contribution in [3.8, 4) is 5.75 Å². The standard InChI is InChI=1S/C26H34N4O3/c1-20-24(28-12-11-27-20)19-25(31)29-13-15-30(16-14-29)26(32)22-8-5-9-23(18-22)33-17-10-21-6-3-2-4-7-21/h5,8-9,11-12,18,21H,2-4,6-7,10,13-17,19H2,1H3. The molecule has 0 spiro atoms. The molecule has 33 heavy (non-hydrogen) atoms. The van der Waals surface area contributed by atoms with E-state index in [1.807, 2.05) is 41.0 Å². The molecular formula is C26H34N4O3. The van der Waals surface area contributed by atoms with E-state index >= 15 is 0 Å². The van der Waals surface area contributed by atoms with Gasteiger partial charge in [0.05, 0.1) is 24.4 Å². The molecule has 1 aromatic heterocycles. The lowest BCUT2D eigenvalue weighted by Gasteiger charge is -2.35. The Morgan fingerprint density at radius 3 is 2.48 bits per heavy atom. The molecule has 1 aliphatic heterocycles. The number of carbonyl (C=O) groups is 2. The molecule has 2 fully saturated rings. The molecule has 1 aromatic carbocycles. The maximum atomic E-state index is 13.0. The molecule has 7 heteroatoms. The van der Waals surface area contributed by atoms with Crippen LogP contribution in [0.1, 0.15) is 60.3 Å². The molecule has 1 saturated carbocycles. The zero-order valence-electron chi connectivity index (χ0n) is 19.5. The van der Waals surface area contributed by atoms with E-state index < -0.39 is 0 Å². The fourth-order valence-corrected chi connectivity index (χ4v) is 4.74. The number of hydrogen-bond acceptors (Lipinski definition) is 5. The van der Waals surface area contributed by atoms with E-state index in [1.165, 1.54) is 32.1 Å². The topological polar surface area (TPSA) is 75.6 Å². The minimum Gasteiger partial charge on any atom is -0.494 e. The average molecular weight is 451 g/mol. The molecule has 0 radical (unpaired) electrons. The van der Waals surface area contributed by atoms with Crippen molar-refractivity contribution >= 4 is 11.8 Å². The summed E-state index contributed by atoms with van der Waals surface area (Å²) in [6, 6.07) is 7.48. The van der Waals surface area contributed by atoms with E-state index in [4.69, 9.17) is 4.74 Å². The van der Waals surface area contributed by atoms with Crippen molar-refractivity contribution in [1.29, 1.82) is 0 Å². The second-order valence-electron chi connectivity index (χ2n) is 9.11. The largest absolute Gasteiger partial charge is 0.494 e. The van der Waals surface area contributed by atoms with E-state index in [9.17, 15) is 9.59 Å². The van der Waals surface area contributed by atoms with Crippen LogP contribution in [0.5, 0.6) is 5.75 Å². The van der Waals surface area contributed by atoms with Crippen LogP contribution in [-0.4, -0.2) is 64.4 Å². The van der Waals surface area contributed by atoms with E-state index in [0.29, 0.717) is 44.0 Å². The van der Waals surface area contributed by atoms with Crippen LogP contribution in [-0.2, 0) is 11.2 Å². The molecule has 2 amide bonds. The summed E-state index contributed by atoms with van der Waals surface area (Å²) in [5.74, 6) is 1.55. The maximum absolute atomic E-state index is 13.0. The number of hydrogen-bond donors (Lipinski definition) is 0. The van der Waals surface area contributed by atoms with Gasteiger partial charge < -0.3 is 14.5 Å². The summed E-state index contributed by atoms with van der Waals surface area (Å²) >= 11 is 0. The monoisotopic (exact) mass is 450 g/mol. The highest BCUT2D eigenvalue weighted by Crippen LogP contribution is 2.26. The number of nitrogens with zero attached hydrogens (tertiary/aromatic N) is 4. The maximum Gasteiger partial charge on any atom is 0.254 e. The Balaban J connectivity index is 1.25. The number of rotatable bonds is 7. The molecule has 2 aromatic rings. The average Bonchev–Trinajstić information content (AvgIpc) is 2.86. The first-order valence-corrected chi connectivity index (χ1v) is 12.2. The van der Waals surface area contributed by atoms with Gasteiger partial charge in [0.2, 0.25) is 5.91 Å². The molecule has 0 unspecified atom stereocenters. The molecule has 1 saturated heterocycles. The number of aromatic nitrogens is 2. The van der Waals surface area contributed by atoms with Gasteiger partial charge in [-0.3, -0.25) is 19.6 Å². The Kier molecular flexibility index (Phi) is 7.92. The molecule has 176 valence electrons. The van der Waals surface area contributed by atoms with Crippen molar-refractivity contribution in [2.75, 3.05) is 32.8 Å². The summed E-state index contributed by atoms with van der Waals surface area (Å²) in [6.45, 7) is 4.67. The SMILES string of the molecule is Cc1nccnc1CC(=O)N1CCN(C(=O)c2cccc(OCCC3CCCCC3)c2)CC1. The number of amides is 2. The van der Waals surface area contributed by atoms with Gasteiger partial charge in [-0.05, 0) is 37.5 Å². The Hall–Kier alpha value is -2.96. The lowest BCUT2D eigenvalue weighted by atomic mass is 9.87. The molecule has 7 nitrogen and oxygen atoms in total. The van der Waals surface area contributed by atoms with Crippen molar-refractivity contribution in [2.45, 2.75) is 51.9 Å². The van der Waals surface area contributed by atoms with Gasteiger partial charge in [-0.2, -0.15) is 0 Å². The van der Waals surface area contributed by atoms with Gasteiger partial charge in [-0.1, -0.05) is 38.2 Å². The third-order valence-corrected chi connectivity index (χ3v) is 6.82. The van der Waals surface area contributed by atoms with Crippen LogP contribution in [0.2, 0.25) is 0 Å². The zero-order chi connectivity index (χ0) is 23.0. The summed E-state index contributed by atoms with van der Waals surface area (Å²) < 4.78 is 5.97. The number of ether oxygens (including phenoxy) is 1. The second kappa shape index (κ2) is 11.3. The van der Waals surface area contributed by atoms with E-state index in [0.717, 1.165) is 23.8 Å². The van der Waals surface area contributed by atoms with Crippen LogP contribution < -0.4 is 4.74 Å². The van der Waals surface area contributed by atoms with E-state index in [2.05, 4.69) is 9.97 Å². The smallest absolute Gasteiger partial charge is 0.254 e. The van der Waals surface area contributed by atoms with Gasteiger partial charge >= 0.3 is 0 Å². The highest BCUT2D eigenvalue weighted by Gasteiger charge is 2.25. The summed E-state index contributed by atoms with van der Waals surface area (Å²) in [5.41, 5.74) is 2.13. The summed E-state index contributed by atoms with van der Waals surface area (Å²) in [5, 5.41) is 0. The molecule has 0 bridgehead atoms. The first kappa shape index (κ1) is 23.2. The molecular weight excluding hydrogens is 416 g/mol. The Morgan fingerprint density at radius 1 is 1.00 bits per heavy atom. The van der Waals surface area contributed by atoms with E-state index in [-0.39, 0.29) is 18.2 Å². The summed E-state index contributed by atoms with van der Waals surface area (Å²) in [7, 11) is 0. The van der Waals surface area contributed by atoms with Crippen molar-refractivity contribution in [2.24, 2.45) is 5.92 Å². The molecule has 1 aliphatic carbocycles. The third-order valence-electron chi connectivity index (χ3n) is 6.82. The van der Waals surface area contributed by atoms with Crippen molar-refractivity contribution in [1.82, 2.24) is 19.8 Å². The lowest BCUT2D eigenvalue weighted by Crippen LogP contribution is -2.51. The van der Waals surface area contributed by atoms with Crippen molar-refractivity contribution < 1.29 is 14.3 Å². The quantitative estimate of drug-likeness (QED) is 0.644. The Labute approximate surface area is 196 Å². The first-order valence-electron chi connectivity index (χ1n) is 12.2. The van der Waals surface area contributed by atoms with Crippen LogP contribution in [0.25, 0.3) is 0 Å². The number of aryl methyl sites for hydroxylation is 1. The van der Waals surface area contributed by atoms with Crippen molar-refractivity contribution in [3.05, 3.63) is 53.6 Å². The molecule has 0 N–H and O–H groups in total. The normalized spacial score (nSPS) is 17.1. The lowest BCUT2D eigenvalue weighted by molar-refractivity contribution is -0.132. The highest BCUT2D eigenvalue weighted by atomic mass is 16.5.